The minimum Gasteiger partial charge on any atom is -0.477 e. The number of thiophene rings is 1. The van der Waals surface area contributed by atoms with Crippen LogP contribution in [0.1, 0.15) is 16.6 Å². The first-order valence-electron chi connectivity index (χ1n) is 10.1. The highest BCUT2D eigenvalue weighted by Crippen LogP contribution is 2.41. The molecule has 0 saturated carbocycles. The second kappa shape index (κ2) is 9.12. The number of carbonyl (C=O) groups is 1. The molecule has 12 heteroatoms. The van der Waals surface area contributed by atoms with Crippen molar-refractivity contribution in [1.82, 2.24) is 4.57 Å². The zero-order valence-electron chi connectivity index (χ0n) is 18.3. The number of rotatable bonds is 7. The molecule has 0 aliphatic heterocycles. The molecule has 4 aromatic rings. The van der Waals surface area contributed by atoms with Crippen LogP contribution in [0.2, 0.25) is 0 Å². The van der Waals surface area contributed by atoms with E-state index in [-0.39, 0.29) is 38.8 Å². The van der Waals surface area contributed by atoms with Crippen LogP contribution in [0.15, 0.2) is 53.5 Å². The van der Waals surface area contributed by atoms with Crippen molar-refractivity contribution in [2.45, 2.75) is 6.92 Å². The van der Waals surface area contributed by atoms with Crippen LogP contribution >= 0.6 is 11.3 Å². The van der Waals surface area contributed by atoms with Crippen LogP contribution in [0.25, 0.3) is 21.2 Å². The number of hydrogen-bond donors (Lipinski definition) is 2. The molecule has 0 amide bonds. The van der Waals surface area contributed by atoms with Crippen molar-refractivity contribution in [1.29, 1.82) is 0 Å². The van der Waals surface area contributed by atoms with Gasteiger partial charge in [0.1, 0.15) is 16.4 Å². The fourth-order valence-electron chi connectivity index (χ4n) is 3.37. The first kappa shape index (κ1) is 24.4. The number of hydrogen-bond acceptors (Lipinski definition) is 6. The Morgan fingerprint density at radius 2 is 1.83 bits per heavy atom. The maximum absolute atomic E-state index is 14.3. The highest BCUT2D eigenvalue weighted by molar-refractivity contribution is 7.92. The largest absolute Gasteiger partial charge is 0.477 e. The molecule has 4 rings (SSSR count). The number of aromatic nitrogens is 1. The Balaban J connectivity index is 1.98. The van der Waals surface area contributed by atoms with Gasteiger partial charge in [0.25, 0.3) is 5.56 Å². The molecule has 0 bridgehead atoms. The van der Waals surface area contributed by atoms with E-state index in [0.717, 1.165) is 23.5 Å². The van der Waals surface area contributed by atoms with Crippen LogP contribution in [0.5, 0.6) is 11.5 Å². The summed E-state index contributed by atoms with van der Waals surface area (Å²) < 4.78 is 61.6. The van der Waals surface area contributed by atoms with Gasteiger partial charge in [-0.3, -0.25) is 9.52 Å². The molecule has 0 aliphatic carbocycles. The van der Waals surface area contributed by atoms with Gasteiger partial charge in [0.15, 0.2) is 11.6 Å². The van der Waals surface area contributed by atoms with Crippen LogP contribution in [0.4, 0.5) is 14.5 Å². The molecule has 0 spiro atoms. The zero-order chi connectivity index (χ0) is 25.5. The number of fused-ring (bicyclic) bond motifs is 1. The van der Waals surface area contributed by atoms with E-state index < -0.39 is 33.2 Å². The summed E-state index contributed by atoms with van der Waals surface area (Å²) >= 11 is 0.863. The third kappa shape index (κ3) is 4.88. The number of pyridine rings is 1. The number of ether oxygens (including phenoxy) is 1. The van der Waals surface area contributed by atoms with E-state index >= 15 is 0 Å². The van der Waals surface area contributed by atoms with Crippen LogP contribution in [-0.4, -0.2) is 29.8 Å². The lowest BCUT2D eigenvalue weighted by Gasteiger charge is -2.16. The number of carboxylic acids is 1. The molecular formula is C23H18F2N2O6S2. The van der Waals surface area contributed by atoms with Gasteiger partial charge in [-0.2, -0.15) is 0 Å². The molecule has 0 unspecified atom stereocenters. The lowest BCUT2D eigenvalue weighted by Crippen LogP contribution is -2.16. The second-order valence-electron chi connectivity index (χ2n) is 7.51. The van der Waals surface area contributed by atoms with Gasteiger partial charge in [-0.05, 0) is 43.3 Å². The number of anilines is 1. The molecule has 0 fully saturated rings. The standard InChI is InChI=1S/C23H18F2N2O6S2/c1-3-35(31,32)26-13-5-7-18(33-19-6-4-12(24)8-17(19)25)14(9-13)16-11-27(2)22(28)15-10-20(23(29)30)34-21(15)16/h4-11,26H,3H2,1-2H3,(H,29,30). The Hall–Kier alpha value is -3.77. The average Bonchev–Trinajstić information content (AvgIpc) is 3.25. The van der Waals surface area contributed by atoms with E-state index in [0.29, 0.717) is 16.3 Å². The summed E-state index contributed by atoms with van der Waals surface area (Å²) in [5.74, 6) is -3.36. The third-order valence-electron chi connectivity index (χ3n) is 5.10. The molecule has 0 radical (unpaired) electrons. The quantitative estimate of drug-likeness (QED) is 0.362. The van der Waals surface area contributed by atoms with E-state index in [9.17, 15) is 31.9 Å². The molecule has 0 aliphatic rings. The molecular weight excluding hydrogens is 502 g/mol. The lowest BCUT2D eigenvalue weighted by atomic mass is 10.0. The molecule has 2 aromatic heterocycles. The number of benzene rings is 2. The van der Waals surface area contributed by atoms with Gasteiger partial charge in [0.05, 0.1) is 15.8 Å². The Kier molecular flexibility index (Phi) is 6.34. The smallest absolute Gasteiger partial charge is 0.345 e. The molecule has 35 heavy (non-hydrogen) atoms. The number of nitrogens with one attached hydrogen (secondary N) is 1. The molecule has 2 N–H and O–H groups in total. The summed E-state index contributed by atoms with van der Waals surface area (Å²) in [7, 11) is -2.16. The average molecular weight is 521 g/mol. The predicted molar refractivity (Wildman–Crippen MR) is 129 cm³/mol. The van der Waals surface area contributed by atoms with Crippen LogP contribution < -0.4 is 15.0 Å². The van der Waals surface area contributed by atoms with Crippen molar-refractivity contribution >= 4 is 43.1 Å². The maximum atomic E-state index is 14.3. The van der Waals surface area contributed by atoms with Gasteiger partial charge in [-0.15, -0.1) is 11.3 Å². The Morgan fingerprint density at radius 1 is 1.11 bits per heavy atom. The van der Waals surface area contributed by atoms with Gasteiger partial charge < -0.3 is 14.4 Å². The highest BCUT2D eigenvalue weighted by Gasteiger charge is 2.21. The molecule has 8 nitrogen and oxygen atoms in total. The molecule has 2 heterocycles. The lowest BCUT2D eigenvalue weighted by molar-refractivity contribution is 0.0702. The minimum atomic E-state index is -3.64. The van der Waals surface area contributed by atoms with Gasteiger partial charge in [-0.25, -0.2) is 22.0 Å². The summed E-state index contributed by atoms with van der Waals surface area (Å²) in [4.78, 5) is 24.2. The first-order valence-corrected chi connectivity index (χ1v) is 12.6. The van der Waals surface area contributed by atoms with Crippen LogP contribution in [-0.2, 0) is 17.1 Å². The van der Waals surface area contributed by atoms with Crippen molar-refractivity contribution < 1.29 is 31.8 Å². The Bertz CT molecular complexity index is 1640. The SMILES string of the molecule is CCS(=O)(=O)Nc1ccc(Oc2ccc(F)cc2F)c(-c2cn(C)c(=O)c3cc(C(=O)O)sc23)c1. The van der Waals surface area contributed by atoms with Crippen LogP contribution in [0.3, 0.4) is 0 Å². The number of halogens is 2. The minimum absolute atomic E-state index is 0.0696. The normalized spacial score (nSPS) is 11.5. The highest BCUT2D eigenvalue weighted by atomic mass is 32.2. The predicted octanol–water partition coefficient (Wildman–Crippen LogP) is 4.80. The number of aromatic carboxylic acids is 1. The van der Waals surface area contributed by atoms with E-state index in [2.05, 4.69) is 4.72 Å². The fourth-order valence-corrected chi connectivity index (χ4v) is 5.01. The monoisotopic (exact) mass is 520 g/mol. The van der Waals surface area contributed by atoms with Crippen molar-refractivity contribution in [3.8, 4) is 22.6 Å². The van der Waals surface area contributed by atoms with Gasteiger partial charge >= 0.3 is 5.97 Å². The molecule has 182 valence electrons. The van der Waals surface area contributed by atoms with E-state index in [1.807, 2.05) is 0 Å². The number of nitrogens with zero attached hydrogens (tertiary/aromatic N) is 1. The maximum Gasteiger partial charge on any atom is 0.345 e. The summed E-state index contributed by atoms with van der Waals surface area (Å²) in [6.07, 6.45) is 1.45. The number of aryl methyl sites for hydroxylation is 1. The van der Waals surface area contributed by atoms with E-state index in [4.69, 9.17) is 4.74 Å². The van der Waals surface area contributed by atoms with Crippen LogP contribution in [0, 0.1) is 11.6 Å². The third-order valence-corrected chi connectivity index (χ3v) is 7.56. The van der Waals surface area contributed by atoms with Gasteiger partial charge in [-0.1, -0.05) is 0 Å². The second-order valence-corrected chi connectivity index (χ2v) is 10.6. The van der Waals surface area contributed by atoms with E-state index in [1.54, 1.807) is 0 Å². The van der Waals surface area contributed by atoms with Gasteiger partial charge in [0.2, 0.25) is 10.0 Å². The summed E-state index contributed by atoms with van der Waals surface area (Å²) in [6.45, 7) is 1.47. The Morgan fingerprint density at radius 3 is 2.49 bits per heavy atom. The zero-order valence-corrected chi connectivity index (χ0v) is 20.0. The van der Waals surface area contributed by atoms with Gasteiger partial charge in [0, 0.05) is 36.1 Å². The van der Waals surface area contributed by atoms with Crippen molar-refractivity contribution in [2.24, 2.45) is 7.05 Å². The topological polar surface area (TPSA) is 115 Å². The number of carboxylic acid groups (broad SMARTS) is 1. The summed E-state index contributed by atoms with van der Waals surface area (Å²) in [6, 6.07) is 8.28. The fraction of sp³-hybridized carbons (Fsp3) is 0.130. The molecule has 0 atom stereocenters. The van der Waals surface area contributed by atoms with Crippen molar-refractivity contribution in [3.05, 3.63) is 75.5 Å². The number of sulfonamides is 1. The van der Waals surface area contributed by atoms with Crippen molar-refractivity contribution in [2.75, 3.05) is 10.5 Å². The Labute approximate surface area is 202 Å². The summed E-state index contributed by atoms with van der Waals surface area (Å²) in [5.41, 5.74) is 0.354. The molecule has 0 saturated heterocycles. The summed E-state index contributed by atoms with van der Waals surface area (Å²) in [5, 5.41) is 9.58. The first-order chi connectivity index (χ1) is 16.5. The van der Waals surface area contributed by atoms with E-state index in [1.165, 1.54) is 49.0 Å². The molecule has 2 aromatic carbocycles. The van der Waals surface area contributed by atoms with Crippen molar-refractivity contribution in [3.63, 3.8) is 0 Å².